The van der Waals surface area contributed by atoms with Gasteiger partial charge in [-0.05, 0) is 37.6 Å². The number of rotatable bonds is 4. The Bertz CT molecular complexity index is 423. The van der Waals surface area contributed by atoms with Gasteiger partial charge in [-0.1, -0.05) is 18.5 Å². The summed E-state index contributed by atoms with van der Waals surface area (Å²) in [6, 6.07) is 3.18. The number of likely N-dealkylation sites (tertiary alicyclic amines) is 1. The van der Waals surface area contributed by atoms with Crippen molar-refractivity contribution in [1.29, 1.82) is 0 Å². The van der Waals surface area contributed by atoms with E-state index in [1.165, 1.54) is 6.20 Å². The summed E-state index contributed by atoms with van der Waals surface area (Å²) < 4.78 is 0. The van der Waals surface area contributed by atoms with Gasteiger partial charge in [-0.15, -0.1) is 0 Å². The van der Waals surface area contributed by atoms with Gasteiger partial charge in [-0.3, -0.25) is 0 Å². The fraction of sp³-hybridized carbons (Fsp3) is 0.538. The molecular formula is C13H19ClN4O. The highest BCUT2D eigenvalue weighted by atomic mass is 35.5. The molecule has 0 bridgehead atoms. The highest BCUT2D eigenvalue weighted by Crippen LogP contribution is 2.14. The smallest absolute Gasteiger partial charge is 0.319 e. The Morgan fingerprint density at radius 1 is 1.58 bits per heavy atom. The van der Waals surface area contributed by atoms with Crippen molar-refractivity contribution < 1.29 is 4.79 Å². The minimum atomic E-state index is -0.195. The molecule has 2 N–H and O–H groups in total. The van der Waals surface area contributed by atoms with Gasteiger partial charge in [0.2, 0.25) is 0 Å². The maximum absolute atomic E-state index is 11.7. The normalized spacial score (nSPS) is 19.4. The molecule has 104 valence electrons. The Morgan fingerprint density at radius 2 is 2.42 bits per heavy atom. The number of carbonyl (C=O) groups is 1. The lowest BCUT2D eigenvalue weighted by Gasteiger charge is -2.14. The van der Waals surface area contributed by atoms with E-state index in [9.17, 15) is 4.79 Å². The third kappa shape index (κ3) is 4.36. The molecule has 2 amide bonds. The van der Waals surface area contributed by atoms with Gasteiger partial charge in [0.05, 0.1) is 11.9 Å². The minimum absolute atomic E-state index is 0.195. The molecule has 1 aromatic rings. The van der Waals surface area contributed by atoms with E-state index in [0.717, 1.165) is 26.1 Å². The molecule has 1 aliphatic heterocycles. The molecule has 0 radical (unpaired) electrons. The second-order valence-electron chi connectivity index (χ2n) is 4.75. The van der Waals surface area contributed by atoms with Gasteiger partial charge >= 0.3 is 6.03 Å². The lowest BCUT2D eigenvalue weighted by molar-refractivity contribution is 0.250. The molecule has 6 heteroatoms. The molecule has 19 heavy (non-hydrogen) atoms. The second kappa shape index (κ2) is 6.73. The zero-order chi connectivity index (χ0) is 13.7. The third-order valence-corrected chi connectivity index (χ3v) is 3.58. The van der Waals surface area contributed by atoms with Gasteiger partial charge in [0, 0.05) is 13.1 Å². The molecule has 2 heterocycles. The number of nitrogens with one attached hydrogen (secondary N) is 2. The van der Waals surface area contributed by atoms with E-state index in [2.05, 4.69) is 27.4 Å². The first-order valence-corrected chi connectivity index (χ1v) is 6.94. The quantitative estimate of drug-likeness (QED) is 0.833. The average molecular weight is 283 g/mol. The highest BCUT2D eigenvalue weighted by molar-refractivity contribution is 6.29. The second-order valence-corrected chi connectivity index (χ2v) is 5.14. The summed E-state index contributed by atoms with van der Waals surface area (Å²) in [5.41, 5.74) is 0.642. The number of pyridine rings is 1. The van der Waals surface area contributed by atoms with Gasteiger partial charge in [0.1, 0.15) is 5.15 Å². The number of urea groups is 1. The van der Waals surface area contributed by atoms with Crippen molar-refractivity contribution in [3.63, 3.8) is 0 Å². The van der Waals surface area contributed by atoms with Crippen molar-refractivity contribution in [2.45, 2.75) is 13.3 Å². The van der Waals surface area contributed by atoms with Crippen molar-refractivity contribution in [1.82, 2.24) is 15.2 Å². The summed E-state index contributed by atoms with van der Waals surface area (Å²) in [5, 5.41) is 6.04. The van der Waals surface area contributed by atoms with Crippen LogP contribution in [0, 0.1) is 5.92 Å². The largest absolute Gasteiger partial charge is 0.338 e. The highest BCUT2D eigenvalue weighted by Gasteiger charge is 2.21. The predicted octanol–water partition coefficient (Wildman–Crippen LogP) is 2.20. The standard InChI is InChI=1S/C13H19ClN4O/c1-2-18-6-5-10(9-18)7-16-13(19)17-11-3-4-12(14)15-8-11/h3-4,8,10H,2,5-7,9H2,1H3,(H2,16,17,19). The average Bonchev–Trinajstić information content (AvgIpc) is 2.87. The molecule has 1 aromatic heterocycles. The van der Waals surface area contributed by atoms with Crippen LogP contribution in [0.1, 0.15) is 13.3 Å². The molecule has 0 aromatic carbocycles. The fourth-order valence-corrected chi connectivity index (χ4v) is 2.34. The van der Waals surface area contributed by atoms with Crippen LogP contribution in [0.15, 0.2) is 18.3 Å². The summed E-state index contributed by atoms with van der Waals surface area (Å²) in [6.45, 7) is 6.16. The Labute approximate surface area is 118 Å². The van der Waals surface area contributed by atoms with Crippen LogP contribution in [0.2, 0.25) is 5.15 Å². The van der Waals surface area contributed by atoms with Crippen LogP contribution < -0.4 is 10.6 Å². The van der Waals surface area contributed by atoms with Crippen LogP contribution in [0.5, 0.6) is 0 Å². The summed E-state index contributed by atoms with van der Waals surface area (Å²) in [7, 11) is 0. The predicted molar refractivity (Wildman–Crippen MR) is 76.5 cm³/mol. The van der Waals surface area contributed by atoms with Gasteiger partial charge < -0.3 is 15.5 Å². The van der Waals surface area contributed by atoms with Crippen molar-refractivity contribution in [2.24, 2.45) is 5.92 Å². The molecule has 5 nitrogen and oxygen atoms in total. The van der Waals surface area contributed by atoms with Crippen molar-refractivity contribution >= 4 is 23.3 Å². The van der Waals surface area contributed by atoms with Crippen LogP contribution in [-0.4, -0.2) is 42.1 Å². The molecule has 1 aliphatic rings. The summed E-state index contributed by atoms with van der Waals surface area (Å²) in [4.78, 5) is 18.0. The first kappa shape index (κ1) is 14.1. The van der Waals surface area contributed by atoms with E-state index >= 15 is 0 Å². The van der Waals surface area contributed by atoms with E-state index in [0.29, 0.717) is 23.3 Å². The number of amides is 2. The van der Waals surface area contributed by atoms with Crippen LogP contribution in [0.25, 0.3) is 0 Å². The summed E-state index contributed by atoms with van der Waals surface area (Å²) in [6.07, 6.45) is 2.69. The first-order valence-electron chi connectivity index (χ1n) is 6.56. The molecule has 1 unspecified atom stereocenters. The molecule has 0 aliphatic carbocycles. The van der Waals surface area contributed by atoms with Crippen LogP contribution >= 0.6 is 11.6 Å². The Balaban J connectivity index is 1.71. The Morgan fingerprint density at radius 3 is 3.05 bits per heavy atom. The third-order valence-electron chi connectivity index (χ3n) is 3.35. The zero-order valence-electron chi connectivity index (χ0n) is 11.0. The van der Waals surface area contributed by atoms with Crippen molar-refractivity contribution in [2.75, 3.05) is 31.5 Å². The molecule has 1 saturated heterocycles. The molecule has 1 atom stereocenters. The number of nitrogens with zero attached hydrogens (tertiary/aromatic N) is 2. The van der Waals surface area contributed by atoms with Crippen molar-refractivity contribution in [3.8, 4) is 0 Å². The summed E-state index contributed by atoms with van der Waals surface area (Å²) in [5.74, 6) is 0.550. The number of anilines is 1. The van der Waals surface area contributed by atoms with Gasteiger partial charge in [-0.2, -0.15) is 0 Å². The van der Waals surface area contributed by atoms with Crippen LogP contribution in [0.4, 0.5) is 10.5 Å². The molecule has 0 saturated carbocycles. The minimum Gasteiger partial charge on any atom is -0.338 e. The number of hydrogen-bond donors (Lipinski definition) is 2. The van der Waals surface area contributed by atoms with Gasteiger partial charge in [-0.25, -0.2) is 9.78 Å². The van der Waals surface area contributed by atoms with Crippen molar-refractivity contribution in [3.05, 3.63) is 23.5 Å². The van der Waals surface area contributed by atoms with Gasteiger partial charge in [0.25, 0.3) is 0 Å². The van der Waals surface area contributed by atoms with Gasteiger partial charge in [0.15, 0.2) is 0 Å². The fourth-order valence-electron chi connectivity index (χ4n) is 2.23. The SMILES string of the molecule is CCN1CCC(CNC(=O)Nc2ccc(Cl)nc2)C1. The van der Waals surface area contributed by atoms with Crippen LogP contribution in [0.3, 0.4) is 0 Å². The monoisotopic (exact) mass is 282 g/mol. The zero-order valence-corrected chi connectivity index (χ0v) is 11.8. The first-order chi connectivity index (χ1) is 9.17. The Hall–Kier alpha value is -1.33. The van der Waals surface area contributed by atoms with E-state index in [-0.39, 0.29) is 6.03 Å². The lowest BCUT2D eigenvalue weighted by atomic mass is 10.1. The Kier molecular flexibility index (Phi) is 4.99. The number of halogens is 1. The van der Waals surface area contributed by atoms with E-state index < -0.39 is 0 Å². The molecule has 0 spiro atoms. The van der Waals surface area contributed by atoms with E-state index in [1.54, 1.807) is 12.1 Å². The number of hydrogen-bond acceptors (Lipinski definition) is 3. The van der Waals surface area contributed by atoms with E-state index in [4.69, 9.17) is 11.6 Å². The topological polar surface area (TPSA) is 57.3 Å². The summed E-state index contributed by atoms with van der Waals surface area (Å²) >= 11 is 5.68. The lowest BCUT2D eigenvalue weighted by Crippen LogP contribution is -2.34. The van der Waals surface area contributed by atoms with E-state index in [1.807, 2.05) is 0 Å². The number of aromatic nitrogens is 1. The maximum atomic E-state index is 11.7. The molecule has 2 rings (SSSR count). The van der Waals surface area contributed by atoms with Crippen LogP contribution in [-0.2, 0) is 0 Å². The maximum Gasteiger partial charge on any atom is 0.319 e. The number of carbonyl (C=O) groups excluding carboxylic acids is 1. The molecular weight excluding hydrogens is 264 g/mol. The molecule has 1 fully saturated rings.